The summed E-state index contributed by atoms with van der Waals surface area (Å²) in [6.07, 6.45) is 2.90. The van der Waals surface area contributed by atoms with Crippen LogP contribution < -0.4 is 11.1 Å². The molecule has 1 amide bonds. The van der Waals surface area contributed by atoms with Crippen LogP contribution in [0.25, 0.3) is 0 Å². The number of nitrogens with two attached hydrogens (primary N) is 1. The van der Waals surface area contributed by atoms with Crippen LogP contribution in [-0.4, -0.2) is 57.5 Å². The number of ether oxygens (including phenoxy) is 1. The van der Waals surface area contributed by atoms with E-state index in [-0.39, 0.29) is 28.3 Å². The standard InChI is InChI=1S/C17H25N3O4S/c18-12-13-4-3-6-15(13)19-17(21)14-5-1-2-7-16(14)25(22,23)20-8-10-24-11-9-20/h1-2,5,7,13,15H,3-4,6,8-12,18H2,(H,19,21). The molecule has 2 atom stereocenters. The van der Waals surface area contributed by atoms with Crippen LogP contribution in [0.5, 0.6) is 0 Å². The first kappa shape index (κ1) is 18.3. The maximum Gasteiger partial charge on any atom is 0.252 e. The van der Waals surface area contributed by atoms with Crippen molar-refractivity contribution in [2.24, 2.45) is 11.7 Å². The lowest BCUT2D eigenvalue weighted by Crippen LogP contribution is -2.43. The van der Waals surface area contributed by atoms with Gasteiger partial charge in [0.05, 0.1) is 23.7 Å². The van der Waals surface area contributed by atoms with Crippen LogP contribution in [0, 0.1) is 5.92 Å². The Morgan fingerprint density at radius 2 is 1.96 bits per heavy atom. The summed E-state index contributed by atoms with van der Waals surface area (Å²) in [5.41, 5.74) is 5.96. The zero-order chi connectivity index (χ0) is 17.9. The van der Waals surface area contributed by atoms with Crippen LogP contribution in [0.3, 0.4) is 0 Å². The van der Waals surface area contributed by atoms with E-state index in [9.17, 15) is 13.2 Å². The SMILES string of the molecule is NCC1CCCC1NC(=O)c1ccccc1S(=O)(=O)N1CCOCC1. The van der Waals surface area contributed by atoms with E-state index in [0.717, 1.165) is 19.3 Å². The van der Waals surface area contributed by atoms with Gasteiger partial charge in [-0.15, -0.1) is 0 Å². The first-order chi connectivity index (χ1) is 12.0. The van der Waals surface area contributed by atoms with E-state index in [1.807, 2.05) is 0 Å². The fourth-order valence-electron chi connectivity index (χ4n) is 3.56. The zero-order valence-corrected chi connectivity index (χ0v) is 15.0. The summed E-state index contributed by atoms with van der Waals surface area (Å²) in [4.78, 5) is 12.8. The van der Waals surface area contributed by atoms with Gasteiger partial charge in [0.2, 0.25) is 10.0 Å². The lowest BCUT2D eigenvalue weighted by atomic mass is 10.0. The van der Waals surface area contributed by atoms with Crippen LogP contribution in [0.1, 0.15) is 29.6 Å². The summed E-state index contributed by atoms with van der Waals surface area (Å²) in [5, 5.41) is 2.98. The number of carbonyl (C=O) groups is 1. The Kier molecular flexibility index (Phi) is 5.73. The number of hydrogen-bond acceptors (Lipinski definition) is 5. The number of morpholine rings is 1. The van der Waals surface area contributed by atoms with Crippen molar-refractivity contribution >= 4 is 15.9 Å². The van der Waals surface area contributed by atoms with Crippen LogP contribution >= 0.6 is 0 Å². The average molecular weight is 367 g/mol. The summed E-state index contributed by atoms with van der Waals surface area (Å²) >= 11 is 0. The Morgan fingerprint density at radius 1 is 1.24 bits per heavy atom. The van der Waals surface area contributed by atoms with Gasteiger partial charge >= 0.3 is 0 Å². The maximum atomic E-state index is 12.9. The normalized spacial score (nSPS) is 25.0. The monoisotopic (exact) mass is 367 g/mol. The van der Waals surface area contributed by atoms with Crippen molar-refractivity contribution in [1.29, 1.82) is 0 Å². The number of hydrogen-bond donors (Lipinski definition) is 2. The molecule has 1 saturated carbocycles. The minimum absolute atomic E-state index is 0.0108. The molecule has 25 heavy (non-hydrogen) atoms. The third-order valence-electron chi connectivity index (χ3n) is 5.00. The molecule has 0 bridgehead atoms. The Labute approximate surface area is 148 Å². The van der Waals surface area contributed by atoms with E-state index < -0.39 is 10.0 Å². The summed E-state index contributed by atoms with van der Waals surface area (Å²) < 4.78 is 32.5. The fourth-order valence-corrected chi connectivity index (χ4v) is 5.16. The second-order valence-corrected chi connectivity index (χ2v) is 8.43. The van der Waals surface area contributed by atoms with E-state index >= 15 is 0 Å². The summed E-state index contributed by atoms with van der Waals surface area (Å²) in [7, 11) is -3.72. The molecule has 1 aliphatic heterocycles. The third kappa shape index (κ3) is 3.87. The molecule has 138 valence electrons. The smallest absolute Gasteiger partial charge is 0.252 e. The van der Waals surface area contributed by atoms with E-state index in [2.05, 4.69) is 5.32 Å². The van der Waals surface area contributed by atoms with Gasteiger partial charge in [-0.3, -0.25) is 4.79 Å². The van der Waals surface area contributed by atoms with Gasteiger partial charge in [-0.2, -0.15) is 4.31 Å². The maximum absolute atomic E-state index is 12.9. The highest BCUT2D eigenvalue weighted by Crippen LogP contribution is 2.26. The second kappa shape index (κ2) is 7.82. The van der Waals surface area contributed by atoms with Gasteiger partial charge in [0.15, 0.2) is 0 Å². The van der Waals surface area contributed by atoms with Crippen LogP contribution in [-0.2, 0) is 14.8 Å². The number of nitrogens with zero attached hydrogens (tertiary/aromatic N) is 1. The highest BCUT2D eigenvalue weighted by atomic mass is 32.2. The number of rotatable bonds is 5. The molecule has 0 aromatic heterocycles. The Morgan fingerprint density at radius 3 is 2.68 bits per heavy atom. The van der Waals surface area contributed by atoms with E-state index in [1.165, 1.54) is 10.4 Å². The van der Waals surface area contributed by atoms with Crippen LogP contribution in [0.4, 0.5) is 0 Å². The van der Waals surface area contributed by atoms with Crippen molar-refractivity contribution in [3.05, 3.63) is 29.8 Å². The topological polar surface area (TPSA) is 102 Å². The van der Waals surface area contributed by atoms with Crippen molar-refractivity contribution in [3.63, 3.8) is 0 Å². The predicted molar refractivity (Wildman–Crippen MR) is 93.7 cm³/mol. The number of benzene rings is 1. The summed E-state index contributed by atoms with van der Waals surface area (Å²) in [6.45, 7) is 1.87. The number of amides is 1. The molecule has 1 aromatic carbocycles. The first-order valence-electron chi connectivity index (χ1n) is 8.72. The number of nitrogens with one attached hydrogen (secondary N) is 1. The molecular weight excluding hydrogens is 342 g/mol. The molecular formula is C17H25N3O4S. The highest BCUT2D eigenvalue weighted by molar-refractivity contribution is 7.89. The first-order valence-corrected chi connectivity index (χ1v) is 10.2. The van der Waals surface area contributed by atoms with Crippen molar-refractivity contribution in [2.75, 3.05) is 32.8 Å². The molecule has 2 fully saturated rings. The number of sulfonamides is 1. The summed E-state index contributed by atoms with van der Waals surface area (Å²) in [5.74, 6) is -0.0928. The molecule has 8 heteroatoms. The van der Waals surface area contributed by atoms with Crippen molar-refractivity contribution < 1.29 is 17.9 Å². The van der Waals surface area contributed by atoms with Gasteiger partial charge < -0.3 is 15.8 Å². The molecule has 0 spiro atoms. The fraction of sp³-hybridized carbons (Fsp3) is 0.588. The molecule has 3 rings (SSSR count). The van der Waals surface area contributed by atoms with Crippen molar-refractivity contribution in [2.45, 2.75) is 30.2 Å². The Bertz CT molecular complexity index is 716. The van der Waals surface area contributed by atoms with Crippen molar-refractivity contribution in [1.82, 2.24) is 9.62 Å². The molecule has 2 aliphatic rings. The molecule has 1 aromatic rings. The third-order valence-corrected chi connectivity index (χ3v) is 6.95. The van der Waals surface area contributed by atoms with E-state index in [4.69, 9.17) is 10.5 Å². The Hall–Kier alpha value is -1.48. The molecule has 1 aliphatic carbocycles. The lowest BCUT2D eigenvalue weighted by Gasteiger charge is -2.27. The molecule has 2 unspecified atom stereocenters. The molecule has 1 saturated heterocycles. The molecule has 0 radical (unpaired) electrons. The quantitative estimate of drug-likeness (QED) is 0.792. The van der Waals surface area contributed by atoms with Crippen molar-refractivity contribution in [3.8, 4) is 0 Å². The van der Waals surface area contributed by atoms with Gasteiger partial charge in [0, 0.05) is 19.1 Å². The van der Waals surface area contributed by atoms with Gasteiger partial charge in [-0.1, -0.05) is 18.6 Å². The minimum Gasteiger partial charge on any atom is -0.379 e. The lowest BCUT2D eigenvalue weighted by molar-refractivity contribution is 0.0729. The summed E-state index contributed by atoms with van der Waals surface area (Å²) in [6, 6.07) is 6.39. The molecule has 7 nitrogen and oxygen atoms in total. The molecule has 1 heterocycles. The minimum atomic E-state index is -3.72. The molecule has 3 N–H and O–H groups in total. The Balaban J connectivity index is 1.84. The van der Waals surface area contributed by atoms with Gasteiger partial charge in [0.25, 0.3) is 5.91 Å². The predicted octanol–water partition coefficient (Wildman–Crippen LogP) is 0.565. The van der Waals surface area contributed by atoms with Crippen LogP contribution in [0.2, 0.25) is 0 Å². The largest absolute Gasteiger partial charge is 0.379 e. The van der Waals surface area contributed by atoms with E-state index in [0.29, 0.717) is 32.8 Å². The average Bonchev–Trinajstić information content (AvgIpc) is 3.09. The van der Waals surface area contributed by atoms with Gasteiger partial charge in [-0.05, 0) is 37.4 Å². The van der Waals surface area contributed by atoms with Crippen LogP contribution in [0.15, 0.2) is 29.2 Å². The van der Waals surface area contributed by atoms with Gasteiger partial charge in [-0.25, -0.2) is 8.42 Å². The second-order valence-electron chi connectivity index (χ2n) is 6.52. The van der Waals surface area contributed by atoms with E-state index in [1.54, 1.807) is 18.2 Å². The highest BCUT2D eigenvalue weighted by Gasteiger charge is 2.32. The number of carbonyl (C=O) groups excluding carboxylic acids is 1. The van der Waals surface area contributed by atoms with Gasteiger partial charge in [0.1, 0.15) is 0 Å². The zero-order valence-electron chi connectivity index (χ0n) is 14.2.